The van der Waals surface area contributed by atoms with Crippen LogP contribution in [0.2, 0.25) is 0 Å². The molecule has 2 atom stereocenters. The Balaban J connectivity index is 3.14. The molecule has 0 aromatic rings. The summed E-state index contributed by atoms with van der Waals surface area (Å²) in [5, 5.41) is 10.7. The summed E-state index contributed by atoms with van der Waals surface area (Å²) < 4.78 is 0. The summed E-state index contributed by atoms with van der Waals surface area (Å²) >= 11 is 0. The molecule has 0 amide bonds. The van der Waals surface area contributed by atoms with Crippen LogP contribution in [0.1, 0.15) is 20.3 Å². The summed E-state index contributed by atoms with van der Waals surface area (Å²) in [6, 6.07) is 0.264. The maximum absolute atomic E-state index is 10.4. The topological polar surface area (TPSA) is 27.5 Å². The van der Waals surface area contributed by atoms with Crippen molar-refractivity contribution in [3.05, 3.63) is 5.21 Å². The Kier molecular flexibility index (Phi) is 2.96. The highest BCUT2D eigenvalue weighted by molar-refractivity contribution is 4.38. The van der Waals surface area contributed by atoms with Crippen LogP contribution in [0.4, 0.5) is 0 Å². The van der Waals surface area contributed by atoms with E-state index < -0.39 is 0 Å². The fourth-order valence-corrected chi connectivity index (χ4v) is 0.287. The van der Waals surface area contributed by atoms with E-state index in [4.69, 9.17) is 0 Å². The van der Waals surface area contributed by atoms with Gasteiger partial charge in [0, 0.05) is 0 Å². The molecule has 0 spiro atoms. The summed E-state index contributed by atoms with van der Waals surface area (Å²) in [6.45, 7) is 3.97. The van der Waals surface area contributed by atoms with E-state index in [0.29, 0.717) is 5.06 Å². The molecular weight excluding hydrogens is 90.1 g/mol. The second-order valence-electron chi connectivity index (χ2n) is 1.92. The first-order chi connectivity index (χ1) is 3.18. The van der Waals surface area contributed by atoms with Crippen molar-refractivity contribution in [2.75, 3.05) is 7.05 Å². The molecule has 0 aromatic heterocycles. The summed E-state index contributed by atoms with van der Waals surface area (Å²) in [5.41, 5.74) is 0. The lowest BCUT2D eigenvalue weighted by atomic mass is 10.3. The Bertz CT molecular complexity index is 45.3. The molecule has 0 radical (unpaired) electrons. The summed E-state index contributed by atoms with van der Waals surface area (Å²) in [6.07, 6.45) is 0.968. The number of rotatable bonds is 2. The van der Waals surface area contributed by atoms with Gasteiger partial charge in [-0.3, -0.25) is 0 Å². The van der Waals surface area contributed by atoms with Crippen LogP contribution in [0.5, 0.6) is 0 Å². The van der Waals surface area contributed by atoms with Crippen LogP contribution in [0.25, 0.3) is 0 Å². The third-order valence-electron chi connectivity index (χ3n) is 1.31. The molecule has 44 valence electrons. The minimum atomic E-state index is 0.264. The number of hydrogen-bond donors (Lipinski definition) is 1. The standard InChI is InChI=1S/C5H13NO/c1-4-5(2)6(3)7/h5-6H,4H2,1-3H3/t5-/m1/s1. The van der Waals surface area contributed by atoms with Crippen LogP contribution >= 0.6 is 0 Å². The van der Waals surface area contributed by atoms with Gasteiger partial charge in [0.2, 0.25) is 0 Å². The van der Waals surface area contributed by atoms with E-state index in [1.807, 2.05) is 13.8 Å². The maximum Gasteiger partial charge on any atom is 0.0838 e. The molecule has 0 bridgehead atoms. The molecule has 0 aliphatic carbocycles. The molecule has 7 heavy (non-hydrogen) atoms. The summed E-state index contributed by atoms with van der Waals surface area (Å²) in [7, 11) is 1.63. The highest BCUT2D eigenvalue weighted by Crippen LogP contribution is 1.78. The van der Waals surface area contributed by atoms with Crippen molar-refractivity contribution < 1.29 is 5.06 Å². The van der Waals surface area contributed by atoms with E-state index in [1.54, 1.807) is 7.05 Å². The highest BCUT2D eigenvalue weighted by Gasteiger charge is 1.97. The van der Waals surface area contributed by atoms with Gasteiger partial charge in [-0.25, -0.2) is 0 Å². The van der Waals surface area contributed by atoms with E-state index in [1.165, 1.54) is 0 Å². The molecule has 0 aliphatic rings. The molecular formula is C5H13NO. The molecule has 2 nitrogen and oxygen atoms in total. The molecule has 0 aliphatic heterocycles. The smallest absolute Gasteiger partial charge is 0.0838 e. The van der Waals surface area contributed by atoms with Gasteiger partial charge in [-0.05, 0) is 13.3 Å². The van der Waals surface area contributed by atoms with Gasteiger partial charge in [-0.2, -0.15) is 0 Å². The molecule has 1 unspecified atom stereocenters. The molecule has 1 N–H and O–H groups in total. The van der Waals surface area contributed by atoms with Crippen molar-refractivity contribution in [3.63, 3.8) is 0 Å². The first-order valence-electron chi connectivity index (χ1n) is 2.69. The van der Waals surface area contributed by atoms with Gasteiger partial charge in [0.1, 0.15) is 0 Å². The number of hydrogen-bond acceptors (Lipinski definition) is 1. The quantitative estimate of drug-likeness (QED) is 0.481. The van der Waals surface area contributed by atoms with Crippen molar-refractivity contribution in [3.8, 4) is 0 Å². The van der Waals surface area contributed by atoms with Crippen LogP contribution in [0.3, 0.4) is 0 Å². The molecule has 2 heteroatoms. The minimum absolute atomic E-state index is 0.264. The Morgan fingerprint density at radius 2 is 2.14 bits per heavy atom. The second-order valence-corrected chi connectivity index (χ2v) is 1.92. The van der Waals surface area contributed by atoms with Crippen LogP contribution in [0, 0.1) is 5.21 Å². The fourth-order valence-electron chi connectivity index (χ4n) is 0.287. The van der Waals surface area contributed by atoms with E-state index in [-0.39, 0.29) is 6.04 Å². The van der Waals surface area contributed by atoms with Gasteiger partial charge in [0.25, 0.3) is 0 Å². The SMILES string of the molecule is CC[C@@H](C)[NH+](C)[O-]. The van der Waals surface area contributed by atoms with Crippen LogP contribution in [0.15, 0.2) is 0 Å². The average molecular weight is 103 g/mol. The first kappa shape index (κ1) is 6.92. The molecule has 0 saturated heterocycles. The van der Waals surface area contributed by atoms with Gasteiger partial charge in [0.05, 0.1) is 13.1 Å². The van der Waals surface area contributed by atoms with Crippen molar-refractivity contribution in [1.82, 2.24) is 0 Å². The Morgan fingerprint density at radius 1 is 1.71 bits per heavy atom. The third kappa shape index (κ3) is 2.60. The first-order valence-corrected chi connectivity index (χ1v) is 2.69. The predicted octanol–water partition coefficient (Wildman–Crippen LogP) is -0.203. The van der Waals surface area contributed by atoms with Crippen molar-refractivity contribution >= 4 is 0 Å². The molecule has 0 aromatic carbocycles. The van der Waals surface area contributed by atoms with Gasteiger partial charge >= 0.3 is 0 Å². The Morgan fingerprint density at radius 3 is 2.14 bits per heavy atom. The third-order valence-corrected chi connectivity index (χ3v) is 1.31. The average Bonchev–Trinajstić information content (AvgIpc) is 1.65. The zero-order valence-corrected chi connectivity index (χ0v) is 5.19. The lowest BCUT2D eigenvalue weighted by Gasteiger charge is -2.22. The van der Waals surface area contributed by atoms with Gasteiger partial charge in [0.15, 0.2) is 0 Å². The van der Waals surface area contributed by atoms with Gasteiger partial charge in [-0.1, -0.05) is 6.92 Å². The summed E-state index contributed by atoms with van der Waals surface area (Å²) in [4.78, 5) is 0. The zero-order valence-electron chi connectivity index (χ0n) is 5.19. The molecule has 0 heterocycles. The lowest BCUT2D eigenvalue weighted by Crippen LogP contribution is -3.07. The van der Waals surface area contributed by atoms with E-state index in [0.717, 1.165) is 6.42 Å². The molecule has 0 fully saturated rings. The van der Waals surface area contributed by atoms with Gasteiger partial charge < -0.3 is 10.3 Å². The van der Waals surface area contributed by atoms with Crippen LogP contribution in [-0.4, -0.2) is 13.1 Å². The van der Waals surface area contributed by atoms with E-state index >= 15 is 0 Å². The normalized spacial score (nSPS) is 18.9. The largest absolute Gasteiger partial charge is 0.634 e. The molecule has 0 saturated carbocycles. The van der Waals surface area contributed by atoms with Gasteiger partial charge in [-0.15, -0.1) is 0 Å². The fraction of sp³-hybridized carbons (Fsp3) is 1.00. The van der Waals surface area contributed by atoms with E-state index in [9.17, 15) is 5.21 Å². The van der Waals surface area contributed by atoms with E-state index in [2.05, 4.69) is 0 Å². The Labute approximate surface area is 44.7 Å². The minimum Gasteiger partial charge on any atom is -0.634 e. The predicted molar refractivity (Wildman–Crippen MR) is 30.0 cm³/mol. The van der Waals surface area contributed by atoms with Crippen LogP contribution in [-0.2, 0) is 0 Å². The highest BCUT2D eigenvalue weighted by atomic mass is 16.5. The zero-order chi connectivity index (χ0) is 5.86. The number of hydroxylamine groups is 2. The van der Waals surface area contributed by atoms with Crippen LogP contribution < -0.4 is 5.06 Å². The monoisotopic (exact) mass is 103 g/mol. The second kappa shape index (κ2) is 2.99. The lowest BCUT2D eigenvalue weighted by molar-refractivity contribution is -0.852. The molecule has 0 rings (SSSR count). The maximum atomic E-state index is 10.4. The van der Waals surface area contributed by atoms with Crippen molar-refractivity contribution in [2.45, 2.75) is 26.3 Å². The number of quaternary nitrogens is 1. The summed E-state index contributed by atoms with van der Waals surface area (Å²) in [5.74, 6) is 0. The Hall–Kier alpha value is -0.0800. The number of nitrogens with one attached hydrogen (secondary N) is 1. The van der Waals surface area contributed by atoms with Crippen molar-refractivity contribution in [2.24, 2.45) is 0 Å². The van der Waals surface area contributed by atoms with Crippen molar-refractivity contribution in [1.29, 1.82) is 0 Å².